The summed E-state index contributed by atoms with van der Waals surface area (Å²) in [5.74, 6) is 0. The van der Waals surface area contributed by atoms with Crippen LogP contribution in [-0.4, -0.2) is 0 Å². The van der Waals surface area contributed by atoms with Crippen LogP contribution in [0.25, 0.3) is 75.8 Å². The summed E-state index contributed by atoms with van der Waals surface area (Å²) >= 11 is 1.87. The average Bonchev–Trinajstić information content (AvgIpc) is 3.79. The van der Waals surface area contributed by atoms with Crippen molar-refractivity contribution in [2.24, 2.45) is 0 Å². The minimum Gasteiger partial charge on any atom is -0.310 e. The largest absolute Gasteiger partial charge is 0.310 e. The van der Waals surface area contributed by atoms with Crippen molar-refractivity contribution >= 4 is 48.6 Å². The SMILES string of the molecule is CC1(C)c2ccccc2-c2c(-c3ccccc3)cc(N(c3ccc(-c4ccccc4)cc3)c3ccc(-c4cccc5sc6ccc(-c7ccccc7)cc6c45)cc3)cc21. The lowest BCUT2D eigenvalue weighted by Gasteiger charge is -2.29. The van der Waals surface area contributed by atoms with Crippen molar-refractivity contribution in [3.05, 3.63) is 223 Å². The molecule has 0 saturated heterocycles. The van der Waals surface area contributed by atoms with E-state index in [0.717, 1.165) is 17.1 Å². The van der Waals surface area contributed by atoms with Crippen LogP contribution in [0.5, 0.6) is 0 Å². The predicted octanol–water partition coefficient (Wildman–Crippen LogP) is 16.5. The third kappa shape index (κ3) is 5.99. The standard InChI is InChI=1S/C57H41NS/c1-57(2)51-23-13-12-21-48(51)55-49(41-19-10-5-11-20-41)36-46(37-52(55)57)58(44-30-25-40(26-31-44)38-15-6-3-7-16-38)45-32-27-42(28-33-45)47-22-14-24-54-56(47)50-35-43(29-34-53(50)59-54)39-17-8-4-9-18-39/h3-37H,1-2H3. The van der Waals surface area contributed by atoms with E-state index in [1.54, 1.807) is 0 Å². The van der Waals surface area contributed by atoms with Gasteiger partial charge in [0.1, 0.15) is 0 Å². The van der Waals surface area contributed by atoms with Crippen LogP contribution in [0.3, 0.4) is 0 Å². The van der Waals surface area contributed by atoms with Gasteiger partial charge in [-0.25, -0.2) is 0 Å². The summed E-state index contributed by atoms with van der Waals surface area (Å²) in [6, 6.07) is 78.0. The van der Waals surface area contributed by atoms with Crippen molar-refractivity contribution in [1.82, 2.24) is 0 Å². The number of fused-ring (bicyclic) bond motifs is 6. The fourth-order valence-corrected chi connectivity index (χ4v) is 10.4. The van der Waals surface area contributed by atoms with E-state index < -0.39 is 0 Å². The summed E-state index contributed by atoms with van der Waals surface area (Å²) in [6.07, 6.45) is 0. The molecular formula is C57H41NS. The van der Waals surface area contributed by atoms with E-state index in [0.29, 0.717) is 0 Å². The first kappa shape index (κ1) is 35.2. The molecule has 1 aliphatic carbocycles. The number of benzene rings is 9. The summed E-state index contributed by atoms with van der Waals surface area (Å²) in [5.41, 5.74) is 18.4. The molecule has 0 spiro atoms. The quantitative estimate of drug-likeness (QED) is 0.156. The van der Waals surface area contributed by atoms with Crippen molar-refractivity contribution in [2.75, 3.05) is 4.90 Å². The summed E-state index contributed by atoms with van der Waals surface area (Å²) in [6.45, 7) is 4.75. The molecule has 0 N–H and O–H groups in total. The Morgan fingerprint density at radius 3 is 1.56 bits per heavy atom. The van der Waals surface area contributed by atoms with Crippen LogP contribution in [0, 0.1) is 0 Å². The molecule has 0 atom stereocenters. The fraction of sp³-hybridized carbons (Fsp3) is 0.0526. The first-order valence-corrected chi connectivity index (χ1v) is 21.2. The number of rotatable bonds is 7. The van der Waals surface area contributed by atoms with Crippen LogP contribution in [0.15, 0.2) is 212 Å². The van der Waals surface area contributed by atoms with E-state index in [4.69, 9.17) is 0 Å². The van der Waals surface area contributed by atoms with E-state index in [9.17, 15) is 0 Å². The Hall–Kier alpha value is -7.00. The van der Waals surface area contributed by atoms with Gasteiger partial charge in [-0.3, -0.25) is 0 Å². The lowest BCUT2D eigenvalue weighted by atomic mass is 9.81. The van der Waals surface area contributed by atoms with Crippen LogP contribution in [0.4, 0.5) is 17.1 Å². The van der Waals surface area contributed by atoms with Gasteiger partial charge in [0.2, 0.25) is 0 Å². The second kappa shape index (κ2) is 14.1. The van der Waals surface area contributed by atoms with E-state index in [1.165, 1.54) is 86.9 Å². The highest BCUT2D eigenvalue weighted by atomic mass is 32.1. The third-order valence-electron chi connectivity index (χ3n) is 12.3. The summed E-state index contributed by atoms with van der Waals surface area (Å²) in [4.78, 5) is 2.44. The maximum Gasteiger partial charge on any atom is 0.0471 e. The van der Waals surface area contributed by atoms with Gasteiger partial charge in [-0.15, -0.1) is 11.3 Å². The van der Waals surface area contributed by atoms with Gasteiger partial charge < -0.3 is 4.90 Å². The van der Waals surface area contributed by atoms with Crippen molar-refractivity contribution in [3.8, 4) is 55.6 Å². The van der Waals surface area contributed by atoms with Crippen molar-refractivity contribution in [1.29, 1.82) is 0 Å². The fourth-order valence-electron chi connectivity index (χ4n) is 9.32. The number of nitrogens with zero attached hydrogens (tertiary/aromatic N) is 1. The highest BCUT2D eigenvalue weighted by Gasteiger charge is 2.38. The zero-order chi connectivity index (χ0) is 39.5. The molecular weight excluding hydrogens is 731 g/mol. The molecule has 1 nitrogen and oxygen atoms in total. The van der Waals surface area contributed by atoms with E-state index in [-0.39, 0.29) is 5.41 Å². The van der Waals surface area contributed by atoms with Gasteiger partial charge in [-0.05, 0) is 121 Å². The Labute approximate surface area is 350 Å². The second-order valence-electron chi connectivity index (χ2n) is 16.1. The molecule has 11 rings (SSSR count). The van der Waals surface area contributed by atoms with E-state index in [1.807, 2.05) is 11.3 Å². The maximum absolute atomic E-state index is 2.45. The van der Waals surface area contributed by atoms with Gasteiger partial charge in [-0.2, -0.15) is 0 Å². The van der Waals surface area contributed by atoms with Gasteiger partial charge in [-0.1, -0.05) is 172 Å². The molecule has 0 bridgehead atoms. The maximum atomic E-state index is 2.45. The van der Waals surface area contributed by atoms with Crippen molar-refractivity contribution in [3.63, 3.8) is 0 Å². The molecule has 0 unspecified atom stereocenters. The van der Waals surface area contributed by atoms with Gasteiger partial charge in [0.05, 0.1) is 0 Å². The Morgan fingerprint density at radius 1 is 0.356 bits per heavy atom. The van der Waals surface area contributed by atoms with Crippen LogP contribution in [0.2, 0.25) is 0 Å². The molecule has 0 amide bonds. The minimum absolute atomic E-state index is 0.166. The van der Waals surface area contributed by atoms with Crippen LogP contribution >= 0.6 is 11.3 Å². The Morgan fingerprint density at radius 2 is 0.881 bits per heavy atom. The molecule has 59 heavy (non-hydrogen) atoms. The second-order valence-corrected chi connectivity index (χ2v) is 17.2. The summed E-state index contributed by atoms with van der Waals surface area (Å²) in [7, 11) is 0. The van der Waals surface area contributed by atoms with Gasteiger partial charge >= 0.3 is 0 Å². The highest BCUT2D eigenvalue weighted by molar-refractivity contribution is 7.26. The Bertz CT molecular complexity index is 3140. The zero-order valence-corrected chi connectivity index (χ0v) is 33.9. The number of hydrogen-bond donors (Lipinski definition) is 0. The normalized spacial score (nSPS) is 12.7. The molecule has 0 fully saturated rings. The molecule has 0 aliphatic heterocycles. The predicted molar refractivity (Wildman–Crippen MR) is 253 cm³/mol. The number of anilines is 3. The van der Waals surface area contributed by atoms with Gasteiger partial charge in [0.15, 0.2) is 0 Å². The highest BCUT2D eigenvalue weighted by Crippen LogP contribution is 2.54. The Balaban J connectivity index is 1.08. The monoisotopic (exact) mass is 771 g/mol. The molecule has 9 aromatic carbocycles. The molecule has 1 aliphatic rings. The molecule has 10 aromatic rings. The lowest BCUT2D eigenvalue weighted by Crippen LogP contribution is -2.17. The van der Waals surface area contributed by atoms with Crippen LogP contribution in [-0.2, 0) is 5.41 Å². The average molecular weight is 772 g/mol. The number of thiophene rings is 1. The smallest absolute Gasteiger partial charge is 0.0471 e. The molecule has 1 aromatic heterocycles. The molecule has 280 valence electrons. The number of hydrogen-bond acceptors (Lipinski definition) is 2. The van der Waals surface area contributed by atoms with Crippen LogP contribution < -0.4 is 4.90 Å². The summed E-state index contributed by atoms with van der Waals surface area (Å²) in [5, 5.41) is 2.63. The lowest BCUT2D eigenvalue weighted by molar-refractivity contribution is 0.660. The molecule has 1 heterocycles. The minimum atomic E-state index is -0.166. The first-order chi connectivity index (χ1) is 29.0. The molecule has 0 radical (unpaired) electrons. The van der Waals surface area contributed by atoms with Crippen molar-refractivity contribution < 1.29 is 0 Å². The molecule has 0 saturated carbocycles. The van der Waals surface area contributed by atoms with E-state index >= 15 is 0 Å². The first-order valence-electron chi connectivity index (χ1n) is 20.4. The summed E-state index contributed by atoms with van der Waals surface area (Å²) < 4.78 is 2.62. The van der Waals surface area contributed by atoms with E-state index in [2.05, 4.69) is 231 Å². The van der Waals surface area contributed by atoms with Gasteiger partial charge in [0.25, 0.3) is 0 Å². The van der Waals surface area contributed by atoms with Crippen molar-refractivity contribution in [2.45, 2.75) is 19.3 Å². The third-order valence-corrected chi connectivity index (χ3v) is 13.4. The van der Waals surface area contributed by atoms with Gasteiger partial charge in [0, 0.05) is 42.6 Å². The van der Waals surface area contributed by atoms with Crippen LogP contribution in [0.1, 0.15) is 25.0 Å². The topological polar surface area (TPSA) is 3.24 Å². The molecule has 2 heteroatoms. The zero-order valence-electron chi connectivity index (χ0n) is 33.1. The Kier molecular flexibility index (Phi) is 8.43.